The summed E-state index contributed by atoms with van der Waals surface area (Å²) in [7, 11) is -3.16. The highest BCUT2D eigenvalue weighted by Gasteiger charge is 2.61. The fourth-order valence-electron chi connectivity index (χ4n) is 6.11. The van der Waals surface area contributed by atoms with Crippen LogP contribution < -0.4 is 4.74 Å². The zero-order valence-corrected chi connectivity index (χ0v) is 19.8. The van der Waals surface area contributed by atoms with Crippen molar-refractivity contribution in [3.8, 4) is 12.1 Å². The van der Waals surface area contributed by atoms with Crippen molar-refractivity contribution in [3.63, 3.8) is 0 Å². The quantitative estimate of drug-likeness (QED) is 0.289. The Labute approximate surface area is 186 Å². The molecule has 7 nitrogen and oxygen atoms in total. The van der Waals surface area contributed by atoms with Gasteiger partial charge in [0.25, 0.3) is 0 Å². The molecule has 2 atom stereocenters. The molecular formula is C21H27BrN4O3S. The Morgan fingerprint density at radius 2 is 2.00 bits per heavy atom. The Hall–Kier alpha value is -1.66. The van der Waals surface area contributed by atoms with Gasteiger partial charge < -0.3 is 4.74 Å². The van der Waals surface area contributed by atoms with Gasteiger partial charge in [-0.05, 0) is 69.8 Å². The first kappa shape index (κ1) is 21.6. The van der Waals surface area contributed by atoms with E-state index in [0.717, 1.165) is 23.7 Å². The first-order valence-corrected chi connectivity index (χ1v) is 12.9. The molecule has 4 aliphatic rings. The van der Waals surface area contributed by atoms with E-state index < -0.39 is 20.2 Å². The van der Waals surface area contributed by atoms with E-state index in [1.54, 1.807) is 32.2 Å². The molecule has 0 aromatic carbocycles. The van der Waals surface area contributed by atoms with Gasteiger partial charge >= 0.3 is 0 Å². The van der Waals surface area contributed by atoms with Crippen molar-refractivity contribution in [2.45, 2.75) is 62.3 Å². The van der Waals surface area contributed by atoms with Gasteiger partial charge in [0.05, 0.1) is 10.8 Å². The van der Waals surface area contributed by atoms with E-state index >= 15 is 0 Å². The van der Waals surface area contributed by atoms with Gasteiger partial charge in [0.2, 0.25) is 5.88 Å². The lowest BCUT2D eigenvalue weighted by molar-refractivity contribution is -0.0243. The van der Waals surface area contributed by atoms with E-state index in [-0.39, 0.29) is 23.7 Å². The third kappa shape index (κ3) is 3.52. The number of nitrogens with zero attached hydrogens (tertiary/aromatic N) is 3. The summed E-state index contributed by atoms with van der Waals surface area (Å²) < 4.78 is 31.4. The number of hydrogen-bond donors (Lipinski definition) is 1. The molecule has 162 valence electrons. The van der Waals surface area contributed by atoms with Crippen LogP contribution in [0.25, 0.3) is 0 Å². The normalized spacial score (nSPS) is 32.5. The fraction of sp³-hybridized carbons (Fsp3) is 0.667. The first-order valence-electron chi connectivity index (χ1n) is 10.2. The average Bonchev–Trinajstić information content (AvgIpc) is 2.62. The number of halogens is 1. The molecule has 0 amide bonds. The maximum absolute atomic E-state index is 12.6. The van der Waals surface area contributed by atoms with Gasteiger partial charge in [0.1, 0.15) is 0 Å². The zero-order chi connectivity index (χ0) is 21.9. The second-order valence-electron chi connectivity index (χ2n) is 9.66. The predicted octanol–water partition coefficient (Wildman–Crippen LogP) is 3.75. The molecule has 4 aliphatic carbocycles. The topological polar surface area (TPSA) is 107 Å². The number of hydrogen-bond acceptors (Lipinski definition) is 6. The van der Waals surface area contributed by atoms with E-state index in [4.69, 9.17) is 10.1 Å². The van der Waals surface area contributed by atoms with Crippen LogP contribution in [0.2, 0.25) is 0 Å². The fourth-order valence-corrected chi connectivity index (χ4v) is 7.99. The van der Waals surface area contributed by atoms with Crippen molar-refractivity contribution in [2.75, 3.05) is 6.26 Å². The number of pyridine rings is 1. The molecule has 0 radical (unpaired) electrons. The molecule has 0 aliphatic heterocycles. The summed E-state index contributed by atoms with van der Waals surface area (Å²) in [5.74, 6) is 1.06. The van der Waals surface area contributed by atoms with E-state index in [2.05, 4.69) is 27.1 Å². The summed E-state index contributed by atoms with van der Waals surface area (Å²) in [6.45, 7) is 3.52. The van der Waals surface area contributed by atoms with Crippen LogP contribution in [0.1, 0.15) is 46.0 Å². The standard InChI is InChI=1S/C21H27BrN4O3S/c1-20(2,29-17-8-16(22)4-5-25-17)19(24)26(12-23)18-14-6-13-7-15(18)11-21(9-13,10-14)30(3,27)28/h4-5,8,13-15,18,24H,6-7,9-11H2,1-3H3. The molecule has 4 bridgehead atoms. The van der Waals surface area contributed by atoms with Crippen molar-refractivity contribution in [2.24, 2.45) is 17.8 Å². The number of aromatic nitrogens is 1. The number of rotatable bonds is 5. The van der Waals surface area contributed by atoms with Crippen LogP contribution in [0.4, 0.5) is 0 Å². The zero-order valence-electron chi connectivity index (χ0n) is 17.4. The predicted molar refractivity (Wildman–Crippen MR) is 117 cm³/mol. The van der Waals surface area contributed by atoms with Crippen molar-refractivity contribution in [3.05, 3.63) is 22.8 Å². The number of nitrogens with one attached hydrogen (secondary N) is 1. The highest BCUT2D eigenvalue weighted by atomic mass is 79.9. The molecule has 4 fully saturated rings. The van der Waals surface area contributed by atoms with E-state index in [1.807, 2.05) is 0 Å². The van der Waals surface area contributed by atoms with Gasteiger partial charge in [-0.15, -0.1) is 0 Å². The third-order valence-electron chi connectivity index (χ3n) is 7.23. The van der Waals surface area contributed by atoms with Gasteiger partial charge in [-0.2, -0.15) is 5.26 Å². The summed E-state index contributed by atoms with van der Waals surface area (Å²) in [5.41, 5.74) is -1.06. The SMILES string of the molecule is CC(C)(Oc1cc(Br)ccn1)C(=N)N(C#N)C1C2CC3CC1CC(S(C)(=O)=O)(C3)C2. The summed E-state index contributed by atoms with van der Waals surface area (Å²) in [4.78, 5) is 5.68. The average molecular weight is 495 g/mol. The minimum absolute atomic E-state index is 0.0812. The number of amidine groups is 1. The lowest BCUT2D eigenvalue weighted by atomic mass is 9.53. The number of ether oxygens (including phenoxy) is 1. The van der Waals surface area contributed by atoms with Crippen LogP contribution in [0.15, 0.2) is 22.8 Å². The molecule has 4 saturated carbocycles. The van der Waals surface area contributed by atoms with Crippen molar-refractivity contribution in [1.82, 2.24) is 9.88 Å². The van der Waals surface area contributed by atoms with Gasteiger partial charge in [-0.1, -0.05) is 15.9 Å². The van der Waals surface area contributed by atoms with Gasteiger partial charge in [0.15, 0.2) is 27.5 Å². The van der Waals surface area contributed by atoms with Crippen molar-refractivity contribution >= 4 is 31.6 Å². The van der Waals surface area contributed by atoms with Gasteiger partial charge in [0, 0.05) is 23.0 Å². The van der Waals surface area contributed by atoms with Crippen molar-refractivity contribution in [1.29, 1.82) is 10.7 Å². The third-order valence-corrected chi connectivity index (χ3v) is 9.79. The minimum Gasteiger partial charge on any atom is -0.463 e. The van der Waals surface area contributed by atoms with Crippen LogP contribution in [-0.4, -0.2) is 46.8 Å². The van der Waals surface area contributed by atoms with Crippen LogP contribution >= 0.6 is 15.9 Å². The van der Waals surface area contributed by atoms with Crippen molar-refractivity contribution < 1.29 is 13.2 Å². The first-order chi connectivity index (χ1) is 14.0. The maximum Gasteiger partial charge on any atom is 0.215 e. The van der Waals surface area contributed by atoms with E-state index in [9.17, 15) is 13.7 Å². The number of sulfone groups is 1. The highest BCUT2D eigenvalue weighted by molar-refractivity contribution is 9.10. The molecule has 5 rings (SSSR count). The van der Waals surface area contributed by atoms with Gasteiger partial charge in [-0.25, -0.2) is 13.4 Å². The molecule has 0 saturated heterocycles. The molecule has 1 aromatic rings. The second kappa shape index (κ2) is 7.20. The lowest BCUT2D eigenvalue weighted by Gasteiger charge is -2.60. The monoisotopic (exact) mass is 494 g/mol. The Balaban J connectivity index is 1.59. The molecule has 1 N–H and O–H groups in total. The molecule has 1 aromatic heterocycles. The van der Waals surface area contributed by atoms with Crippen LogP contribution in [0, 0.1) is 34.6 Å². The maximum atomic E-state index is 12.6. The Kier molecular flexibility index (Phi) is 5.17. The summed E-state index contributed by atoms with van der Waals surface area (Å²) >= 11 is 3.39. The molecule has 2 unspecified atom stereocenters. The van der Waals surface area contributed by atoms with E-state index in [1.165, 1.54) is 11.2 Å². The lowest BCUT2D eigenvalue weighted by Crippen LogP contribution is -2.65. The minimum atomic E-state index is -3.16. The summed E-state index contributed by atoms with van der Waals surface area (Å²) in [6.07, 6.45) is 8.99. The second-order valence-corrected chi connectivity index (χ2v) is 13.0. The van der Waals surface area contributed by atoms with E-state index in [0.29, 0.717) is 24.6 Å². The molecule has 0 spiro atoms. The Morgan fingerprint density at radius 3 is 2.53 bits per heavy atom. The molecule has 30 heavy (non-hydrogen) atoms. The summed E-state index contributed by atoms with van der Waals surface area (Å²) in [5, 5.41) is 18.8. The molecule has 1 heterocycles. The van der Waals surface area contributed by atoms with Crippen LogP contribution in [0.5, 0.6) is 5.88 Å². The Bertz CT molecular complexity index is 1000. The van der Waals surface area contributed by atoms with Crippen LogP contribution in [-0.2, 0) is 9.84 Å². The number of nitriles is 1. The smallest absolute Gasteiger partial charge is 0.215 e. The van der Waals surface area contributed by atoms with Crippen LogP contribution in [0.3, 0.4) is 0 Å². The molecule has 9 heteroatoms. The summed E-state index contributed by atoms with van der Waals surface area (Å²) in [6, 6.07) is 3.37. The highest BCUT2D eigenvalue weighted by Crippen LogP contribution is 2.59. The Morgan fingerprint density at radius 1 is 1.37 bits per heavy atom. The largest absolute Gasteiger partial charge is 0.463 e. The van der Waals surface area contributed by atoms with Gasteiger partial charge in [-0.3, -0.25) is 10.3 Å². The molecular weight excluding hydrogens is 468 g/mol.